The molecule has 0 N–H and O–H groups in total. The molecule has 1 fully saturated rings. The molecular formula is C23H28FN5O. The summed E-state index contributed by atoms with van der Waals surface area (Å²) in [6, 6.07) is 5.67. The van der Waals surface area contributed by atoms with Crippen LogP contribution in [0.3, 0.4) is 0 Å². The average Bonchev–Trinajstić information content (AvgIpc) is 3.15. The molecule has 0 bridgehead atoms. The molecule has 4 heterocycles. The minimum Gasteiger partial charge on any atom is -0.303 e. The summed E-state index contributed by atoms with van der Waals surface area (Å²) in [5.74, 6) is 0.167. The predicted molar refractivity (Wildman–Crippen MR) is 115 cm³/mol. The van der Waals surface area contributed by atoms with Crippen LogP contribution < -0.4 is 0 Å². The number of carbonyl (C=O) groups is 1. The van der Waals surface area contributed by atoms with Crippen LogP contribution in [0.4, 0.5) is 4.39 Å². The van der Waals surface area contributed by atoms with Gasteiger partial charge in [-0.15, -0.1) is 0 Å². The van der Waals surface area contributed by atoms with Gasteiger partial charge >= 0.3 is 0 Å². The molecule has 158 valence electrons. The Hall–Kier alpha value is -2.67. The van der Waals surface area contributed by atoms with Gasteiger partial charge in [0, 0.05) is 62.9 Å². The van der Waals surface area contributed by atoms with Crippen molar-refractivity contribution in [3.05, 3.63) is 42.5 Å². The summed E-state index contributed by atoms with van der Waals surface area (Å²) >= 11 is 0. The first kappa shape index (κ1) is 20.6. The van der Waals surface area contributed by atoms with E-state index in [4.69, 9.17) is 0 Å². The zero-order chi connectivity index (χ0) is 21.3. The maximum Gasteiger partial charge on any atom is 0.175 e. The molecule has 0 atom stereocenters. The number of halogens is 1. The number of rotatable bonds is 6. The molecule has 0 amide bonds. The number of nitrogens with zero attached hydrogens (tertiary/aromatic N) is 5. The van der Waals surface area contributed by atoms with Gasteiger partial charge in [-0.1, -0.05) is 13.8 Å². The molecule has 1 aliphatic rings. The van der Waals surface area contributed by atoms with E-state index in [9.17, 15) is 4.79 Å². The lowest BCUT2D eigenvalue weighted by Gasteiger charge is -2.36. The number of fused-ring (bicyclic) bond motifs is 1. The summed E-state index contributed by atoms with van der Waals surface area (Å²) in [4.78, 5) is 24.1. The lowest BCUT2D eigenvalue weighted by molar-refractivity contribution is -0.133. The summed E-state index contributed by atoms with van der Waals surface area (Å²) < 4.78 is 17.1. The first-order valence-corrected chi connectivity index (χ1v) is 10.5. The van der Waals surface area contributed by atoms with Crippen LogP contribution in [0.15, 0.2) is 36.8 Å². The number of ketones is 1. The van der Waals surface area contributed by atoms with Gasteiger partial charge in [0.15, 0.2) is 11.5 Å². The lowest BCUT2D eigenvalue weighted by atomic mass is 9.86. The van der Waals surface area contributed by atoms with Crippen molar-refractivity contribution >= 4 is 16.7 Å². The first-order chi connectivity index (χ1) is 14.3. The number of Topliss-reactive ketones (excluding diaryl/α,β-unsaturated/α-hetero) is 1. The molecule has 0 saturated carbocycles. The molecule has 6 nitrogen and oxygen atoms in total. The molecule has 4 rings (SSSR count). The van der Waals surface area contributed by atoms with Crippen molar-refractivity contribution in [3.63, 3.8) is 0 Å². The van der Waals surface area contributed by atoms with Gasteiger partial charge in [-0.3, -0.25) is 14.5 Å². The largest absolute Gasteiger partial charge is 0.303 e. The second-order valence-electron chi connectivity index (χ2n) is 8.73. The zero-order valence-corrected chi connectivity index (χ0v) is 17.8. The van der Waals surface area contributed by atoms with Gasteiger partial charge in [0.1, 0.15) is 0 Å². The second kappa shape index (κ2) is 8.22. The Balaban J connectivity index is 1.48. The molecule has 1 aliphatic heterocycles. The van der Waals surface area contributed by atoms with Crippen molar-refractivity contribution in [1.82, 2.24) is 24.6 Å². The fourth-order valence-electron chi connectivity index (χ4n) is 4.08. The Morgan fingerprint density at radius 3 is 2.67 bits per heavy atom. The van der Waals surface area contributed by atoms with Crippen molar-refractivity contribution in [1.29, 1.82) is 0 Å². The standard InChI is InChI=1S/C23H28FN5O/c1-16(2)14-29-8-6-23(24,7-9-29)22(30)11-19-10-21-17(12-25-19)4-5-20(27-21)18-13-26-28(3)15-18/h4-5,10,12-13,15-16H,6-9,11,14H2,1-3H3. The third kappa shape index (κ3) is 4.41. The van der Waals surface area contributed by atoms with Gasteiger partial charge in [0.05, 0.1) is 29.5 Å². The first-order valence-electron chi connectivity index (χ1n) is 10.5. The highest BCUT2D eigenvalue weighted by molar-refractivity contribution is 5.90. The number of pyridine rings is 2. The third-order valence-electron chi connectivity index (χ3n) is 5.74. The van der Waals surface area contributed by atoms with E-state index in [2.05, 4.69) is 33.8 Å². The highest BCUT2D eigenvalue weighted by Gasteiger charge is 2.41. The van der Waals surface area contributed by atoms with Crippen molar-refractivity contribution in [3.8, 4) is 11.3 Å². The monoisotopic (exact) mass is 409 g/mol. The van der Waals surface area contributed by atoms with E-state index in [-0.39, 0.29) is 25.0 Å². The molecule has 0 unspecified atom stereocenters. The quantitative estimate of drug-likeness (QED) is 0.622. The number of hydrogen-bond donors (Lipinski definition) is 0. The van der Waals surface area contributed by atoms with Gasteiger partial charge in [-0.05, 0) is 24.1 Å². The van der Waals surface area contributed by atoms with E-state index in [1.165, 1.54) is 0 Å². The van der Waals surface area contributed by atoms with Crippen LogP contribution in [0.25, 0.3) is 22.2 Å². The average molecular weight is 410 g/mol. The molecule has 3 aromatic heterocycles. The van der Waals surface area contributed by atoms with E-state index in [1.807, 2.05) is 25.4 Å². The Labute approximate surface area is 176 Å². The van der Waals surface area contributed by atoms with Crippen molar-refractivity contribution in [2.45, 2.75) is 38.8 Å². The van der Waals surface area contributed by atoms with Gasteiger partial charge in [-0.2, -0.15) is 5.10 Å². The molecule has 0 aromatic carbocycles. The topological polar surface area (TPSA) is 63.9 Å². The normalized spacial score (nSPS) is 17.0. The van der Waals surface area contributed by atoms with Crippen LogP contribution in [0, 0.1) is 5.92 Å². The minimum absolute atomic E-state index is 0.00454. The van der Waals surface area contributed by atoms with Crippen molar-refractivity contribution < 1.29 is 9.18 Å². The number of alkyl halides is 1. The molecule has 0 aliphatic carbocycles. The van der Waals surface area contributed by atoms with Crippen LogP contribution in [0.1, 0.15) is 32.4 Å². The molecule has 0 radical (unpaired) electrons. The maximum absolute atomic E-state index is 15.3. The lowest BCUT2D eigenvalue weighted by Crippen LogP contribution is -2.47. The summed E-state index contributed by atoms with van der Waals surface area (Å²) in [7, 11) is 1.86. The maximum atomic E-state index is 15.3. The molecular weight excluding hydrogens is 381 g/mol. The van der Waals surface area contributed by atoms with Crippen molar-refractivity contribution in [2.24, 2.45) is 13.0 Å². The highest BCUT2D eigenvalue weighted by Crippen LogP contribution is 2.29. The molecule has 0 spiro atoms. The number of piperidine rings is 1. The van der Waals surface area contributed by atoms with Crippen molar-refractivity contribution in [2.75, 3.05) is 19.6 Å². The number of carbonyl (C=O) groups excluding carboxylic acids is 1. The van der Waals surface area contributed by atoms with Crippen LogP contribution in [0.5, 0.6) is 0 Å². The van der Waals surface area contributed by atoms with Gasteiger partial charge in [-0.25, -0.2) is 9.37 Å². The van der Waals surface area contributed by atoms with Gasteiger partial charge in [0.25, 0.3) is 0 Å². The molecule has 3 aromatic rings. The Kier molecular flexibility index (Phi) is 5.64. The predicted octanol–water partition coefficient (Wildman–Crippen LogP) is 3.60. The Morgan fingerprint density at radius 2 is 2.00 bits per heavy atom. The number of aryl methyl sites for hydroxylation is 1. The molecule has 1 saturated heterocycles. The smallest absolute Gasteiger partial charge is 0.175 e. The second-order valence-corrected chi connectivity index (χ2v) is 8.73. The van der Waals surface area contributed by atoms with E-state index in [0.717, 1.165) is 28.7 Å². The van der Waals surface area contributed by atoms with Gasteiger partial charge in [0.2, 0.25) is 0 Å². The number of aromatic nitrogens is 4. The summed E-state index contributed by atoms with van der Waals surface area (Å²) in [5.41, 5.74) is 1.27. The number of likely N-dealkylation sites (tertiary alicyclic amines) is 1. The van der Waals surface area contributed by atoms with Crippen LogP contribution >= 0.6 is 0 Å². The fourth-order valence-corrected chi connectivity index (χ4v) is 4.08. The van der Waals surface area contributed by atoms with E-state index in [1.54, 1.807) is 23.1 Å². The Morgan fingerprint density at radius 1 is 1.23 bits per heavy atom. The van der Waals surface area contributed by atoms with E-state index >= 15 is 4.39 Å². The zero-order valence-electron chi connectivity index (χ0n) is 17.8. The summed E-state index contributed by atoms with van der Waals surface area (Å²) in [6.07, 6.45) is 5.88. The van der Waals surface area contributed by atoms with Crippen LogP contribution in [-0.4, -0.2) is 55.7 Å². The van der Waals surface area contributed by atoms with E-state index in [0.29, 0.717) is 24.7 Å². The van der Waals surface area contributed by atoms with E-state index < -0.39 is 5.67 Å². The highest BCUT2D eigenvalue weighted by atomic mass is 19.1. The SMILES string of the molecule is CC(C)CN1CCC(F)(C(=O)Cc2cc3nc(-c4cnn(C)c4)ccc3cn2)CC1. The molecule has 7 heteroatoms. The number of hydrogen-bond acceptors (Lipinski definition) is 5. The van der Waals surface area contributed by atoms with Crippen LogP contribution in [-0.2, 0) is 18.3 Å². The van der Waals surface area contributed by atoms with Crippen LogP contribution in [0.2, 0.25) is 0 Å². The summed E-state index contributed by atoms with van der Waals surface area (Å²) in [6.45, 7) is 6.51. The fraction of sp³-hybridized carbons (Fsp3) is 0.478. The van der Waals surface area contributed by atoms with Gasteiger partial charge < -0.3 is 4.90 Å². The minimum atomic E-state index is -1.75. The summed E-state index contributed by atoms with van der Waals surface area (Å²) in [5, 5.41) is 5.07. The molecule has 30 heavy (non-hydrogen) atoms. The Bertz CT molecular complexity index is 1050. The third-order valence-corrected chi connectivity index (χ3v) is 5.74.